The van der Waals surface area contributed by atoms with E-state index in [-0.39, 0.29) is 12.3 Å². The second kappa shape index (κ2) is 7.92. The predicted molar refractivity (Wildman–Crippen MR) is 99.1 cm³/mol. The third-order valence-electron chi connectivity index (χ3n) is 3.84. The van der Waals surface area contributed by atoms with Crippen LogP contribution in [0.5, 0.6) is 0 Å². The van der Waals surface area contributed by atoms with Crippen molar-refractivity contribution in [1.29, 1.82) is 0 Å². The maximum atomic E-state index is 12.0. The van der Waals surface area contributed by atoms with Crippen LogP contribution in [0.3, 0.4) is 0 Å². The van der Waals surface area contributed by atoms with Gasteiger partial charge in [0, 0.05) is 38.0 Å². The first kappa shape index (κ1) is 17.1. The number of nitrogens with one attached hydrogen (secondary N) is 1. The van der Waals surface area contributed by atoms with E-state index < -0.39 is 0 Å². The van der Waals surface area contributed by atoms with Gasteiger partial charge < -0.3 is 9.84 Å². The van der Waals surface area contributed by atoms with Crippen LogP contribution in [0.15, 0.2) is 59.1 Å². The van der Waals surface area contributed by atoms with Gasteiger partial charge in [-0.05, 0) is 23.1 Å². The maximum Gasteiger partial charge on any atom is 0.227 e. The Bertz CT molecular complexity index is 993. The summed E-state index contributed by atoms with van der Waals surface area (Å²) >= 11 is 1.54. The molecule has 0 fully saturated rings. The molecule has 0 radical (unpaired) electrons. The molecule has 0 saturated carbocycles. The molecule has 0 unspecified atom stereocenters. The van der Waals surface area contributed by atoms with Gasteiger partial charge >= 0.3 is 0 Å². The quantitative estimate of drug-likeness (QED) is 0.529. The third-order valence-corrected chi connectivity index (χ3v) is 4.71. The van der Waals surface area contributed by atoms with Crippen molar-refractivity contribution in [1.82, 2.24) is 30.0 Å². The van der Waals surface area contributed by atoms with Crippen LogP contribution in [0, 0.1) is 0 Å². The maximum absolute atomic E-state index is 12.0. The van der Waals surface area contributed by atoms with Crippen molar-refractivity contribution in [2.24, 2.45) is 0 Å². The van der Waals surface area contributed by atoms with Crippen LogP contribution in [0.25, 0.3) is 16.5 Å². The van der Waals surface area contributed by atoms with E-state index in [0.29, 0.717) is 24.7 Å². The Morgan fingerprint density at radius 1 is 1.30 bits per heavy atom. The van der Waals surface area contributed by atoms with E-state index in [0.717, 1.165) is 16.3 Å². The molecule has 4 aromatic rings. The normalized spacial score (nSPS) is 10.8. The monoisotopic (exact) mass is 380 g/mol. The summed E-state index contributed by atoms with van der Waals surface area (Å²) in [5, 5.41) is 8.76. The first-order valence-electron chi connectivity index (χ1n) is 8.34. The first-order chi connectivity index (χ1) is 13.3. The lowest BCUT2D eigenvalue weighted by Gasteiger charge is -2.06. The van der Waals surface area contributed by atoms with Crippen molar-refractivity contribution in [2.75, 3.05) is 0 Å². The fourth-order valence-corrected chi connectivity index (χ4v) is 3.09. The smallest absolute Gasteiger partial charge is 0.227 e. The van der Waals surface area contributed by atoms with Crippen LogP contribution in [-0.2, 0) is 17.8 Å². The molecule has 1 amide bonds. The number of imidazole rings is 1. The molecule has 27 heavy (non-hydrogen) atoms. The van der Waals surface area contributed by atoms with Gasteiger partial charge in [-0.25, -0.2) is 9.97 Å². The van der Waals surface area contributed by atoms with Crippen LogP contribution in [0.4, 0.5) is 0 Å². The molecule has 4 rings (SSSR count). The van der Waals surface area contributed by atoms with Gasteiger partial charge in [0.05, 0.1) is 4.88 Å². The minimum absolute atomic E-state index is 0.0791. The number of rotatable bonds is 7. The average Bonchev–Trinajstić information content (AvgIpc) is 3.47. The van der Waals surface area contributed by atoms with Crippen LogP contribution in [-0.4, -0.2) is 30.6 Å². The fraction of sp³-hybridized carbons (Fsp3) is 0.167. The van der Waals surface area contributed by atoms with Crippen molar-refractivity contribution in [3.63, 3.8) is 0 Å². The van der Waals surface area contributed by atoms with Crippen LogP contribution in [0.2, 0.25) is 0 Å². The Labute approximate surface area is 158 Å². The van der Waals surface area contributed by atoms with Crippen molar-refractivity contribution < 1.29 is 9.32 Å². The number of carbonyl (C=O) groups is 1. The summed E-state index contributed by atoms with van der Waals surface area (Å²) in [5.41, 5.74) is 0.921. The predicted octanol–water partition coefficient (Wildman–Crippen LogP) is 2.63. The summed E-state index contributed by atoms with van der Waals surface area (Å²) < 4.78 is 7.01. The molecule has 0 bridgehead atoms. The summed E-state index contributed by atoms with van der Waals surface area (Å²) in [6, 6.07) is 7.67. The highest BCUT2D eigenvalue weighted by molar-refractivity contribution is 7.13. The number of aromatic nitrogens is 5. The number of hydrogen-bond donors (Lipinski definition) is 1. The Hall–Kier alpha value is -3.33. The fourth-order valence-electron chi connectivity index (χ4n) is 2.44. The molecule has 136 valence electrons. The Morgan fingerprint density at radius 3 is 3.00 bits per heavy atom. The SMILES string of the molecule is O=C(CCc1nc(-c2cccs2)no1)NCc1ccc(-n2ccnc2)nc1. The van der Waals surface area contributed by atoms with Crippen LogP contribution < -0.4 is 5.32 Å². The average molecular weight is 380 g/mol. The van der Waals surface area contributed by atoms with Gasteiger partial charge in [0.25, 0.3) is 0 Å². The largest absolute Gasteiger partial charge is 0.352 e. The summed E-state index contributed by atoms with van der Waals surface area (Å²) in [5.74, 6) is 1.72. The van der Waals surface area contributed by atoms with E-state index in [4.69, 9.17) is 4.52 Å². The molecule has 4 heterocycles. The van der Waals surface area contributed by atoms with E-state index in [1.807, 2.05) is 40.4 Å². The summed E-state index contributed by atoms with van der Waals surface area (Å²) in [4.78, 5) is 25.7. The summed E-state index contributed by atoms with van der Waals surface area (Å²) in [6.45, 7) is 0.417. The molecule has 0 aliphatic heterocycles. The highest BCUT2D eigenvalue weighted by Gasteiger charge is 2.11. The van der Waals surface area contributed by atoms with Gasteiger partial charge in [0.1, 0.15) is 12.1 Å². The van der Waals surface area contributed by atoms with E-state index in [9.17, 15) is 4.79 Å². The zero-order chi connectivity index (χ0) is 18.5. The van der Waals surface area contributed by atoms with Crippen LogP contribution >= 0.6 is 11.3 Å². The zero-order valence-electron chi connectivity index (χ0n) is 14.3. The number of thiophene rings is 1. The number of nitrogens with zero attached hydrogens (tertiary/aromatic N) is 5. The lowest BCUT2D eigenvalue weighted by Crippen LogP contribution is -2.23. The van der Waals surface area contributed by atoms with E-state index in [1.165, 1.54) is 0 Å². The number of hydrogen-bond acceptors (Lipinski definition) is 7. The zero-order valence-corrected chi connectivity index (χ0v) is 15.1. The minimum Gasteiger partial charge on any atom is -0.352 e. The van der Waals surface area contributed by atoms with Gasteiger partial charge in [-0.1, -0.05) is 17.3 Å². The molecular weight excluding hydrogens is 364 g/mol. The molecule has 0 aliphatic rings. The van der Waals surface area contributed by atoms with Gasteiger partial charge in [-0.3, -0.25) is 9.36 Å². The van der Waals surface area contributed by atoms with Gasteiger partial charge in [-0.2, -0.15) is 4.98 Å². The topological polar surface area (TPSA) is 98.7 Å². The van der Waals surface area contributed by atoms with Crippen molar-refractivity contribution >= 4 is 17.2 Å². The number of amides is 1. The van der Waals surface area contributed by atoms with Gasteiger partial charge in [0.2, 0.25) is 17.6 Å². The van der Waals surface area contributed by atoms with Gasteiger partial charge in [-0.15, -0.1) is 11.3 Å². The Balaban J connectivity index is 1.25. The summed E-state index contributed by atoms with van der Waals surface area (Å²) in [7, 11) is 0. The molecule has 0 spiro atoms. The minimum atomic E-state index is -0.0791. The van der Waals surface area contributed by atoms with E-state index in [1.54, 1.807) is 30.1 Å². The molecule has 0 atom stereocenters. The molecule has 0 aromatic carbocycles. The van der Waals surface area contributed by atoms with Crippen LogP contribution in [0.1, 0.15) is 17.9 Å². The lowest BCUT2D eigenvalue weighted by molar-refractivity contribution is -0.121. The van der Waals surface area contributed by atoms with Gasteiger partial charge in [0.15, 0.2) is 0 Å². The summed E-state index contributed by atoms with van der Waals surface area (Å²) in [6.07, 6.45) is 7.63. The number of aryl methyl sites for hydroxylation is 1. The van der Waals surface area contributed by atoms with Crippen molar-refractivity contribution in [3.05, 3.63) is 66.0 Å². The highest BCUT2D eigenvalue weighted by atomic mass is 32.1. The number of carbonyl (C=O) groups excluding carboxylic acids is 1. The second-order valence-electron chi connectivity index (χ2n) is 5.76. The third kappa shape index (κ3) is 4.26. The molecule has 1 N–H and O–H groups in total. The molecular formula is C18H16N6O2S. The molecule has 8 nitrogen and oxygen atoms in total. The first-order valence-corrected chi connectivity index (χ1v) is 9.22. The molecule has 9 heteroatoms. The van der Waals surface area contributed by atoms with Crippen molar-refractivity contribution in [2.45, 2.75) is 19.4 Å². The molecule has 0 aliphatic carbocycles. The standard InChI is InChI=1S/C18H16N6O2S/c25-16(5-6-17-22-18(23-26-17)14-2-1-9-27-14)21-11-13-3-4-15(20-10-13)24-8-7-19-12-24/h1-4,7-10,12H,5-6,11H2,(H,21,25). The van der Waals surface area contributed by atoms with E-state index >= 15 is 0 Å². The molecule has 0 saturated heterocycles. The van der Waals surface area contributed by atoms with Crippen molar-refractivity contribution in [3.8, 4) is 16.5 Å². The Kier molecular flexibility index (Phi) is 5.01. The Morgan fingerprint density at radius 2 is 2.26 bits per heavy atom. The lowest BCUT2D eigenvalue weighted by atomic mass is 10.2. The number of pyridine rings is 1. The molecule has 4 aromatic heterocycles. The second-order valence-corrected chi connectivity index (χ2v) is 6.71. The highest BCUT2D eigenvalue weighted by Crippen LogP contribution is 2.21. The van der Waals surface area contributed by atoms with E-state index in [2.05, 4.69) is 25.4 Å².